The van der Waals surface area contributed by atoms with Crippen LogP contribution >= 0.6 is 7.92 Å². The van der Waals surface area contributed by atoms with Crippen molar-refractivity contribution in [3.63, 3.8) is 0 Å². The SMILES string of the molecule is CC[N-]C([N-]C(C)(C)C)P(C1CCCCC1)C1CCCCC1.[CH2-]c1ccccc1.[CH2-]c1ccccc1.[CH2-]c1ccccc1.[Zr]. The first kappa shape index (κ1) is 40.5. The van der Waals surface area contributed by atoms with Gasteiger partial charge in [0.2, 0.25) is 0 Å². The fraction of sp³-hybridized carbons (Fsp3) is 0.475. The van der Waals surface area contributed by atoms with Gasteiger partial charge in [0.05, 0.1) is 0 Å². The molecule has 2 aliphatic rings. The Hall–Kier alpha value is -1.50. The second-order valence-electron chi connectivity index (χ2n) is 12.6. The van der Waals surface area contributed by atoms with Crippen molar-refractivity contribution in [1.82, 2.24) is 0 Å². The number of hydrogen-bond acceptors (Lipinski definition) is 0. The van der Waals surface area contributed by atoms with Crippen molar-refractivity contribution in [2.75, 3.05) is 6.54 Å². The topological polar surface area (TPSA) is 28.2 Å². The Balaban J connectivity index is 0.000000355. The molecule has 2 nitrogen and oxygen atoms in total. The second-order valence-corrected chi connectivity index (χ2v) is 15.4. The molecule has 0 saturated heterocycles. The summed E-state index contributed by atoms with van der Waals surface area (Å²) in [6, 6.07) is 29.6. The standard InChI is InChI=1S/C19H37N2P.3C7H7.Zr/c1-5-20-18(21-19(2,3)4)22(16-12-8-6-9-13-16)17-14-10-7-11-15-17;3*1-7-5-3-2-4-6-7;/h16-18H,5-15H2,1-4H3;3*2-6H,1H2;/q-2;3*-1;. The molecule has 3 aromatic rings. The minimum Gasteiger partial charge on any atom is -0.674 e. The number of rotatable bonds is 6. The van der Waals surface area contributed by atoms with Gasteiger partial charge in [-0.2, -0.15) is 80.4 Å². The van der Waals surface area contributed by atoms with Gasteiger partial charge >= 0.3 is 0 Å². The Labute approximate surface area is 292 Å². The van der Waals surface area contributed by atoms with E-state index in [1.807, 2.05) is 91.0 Å². The van der Waals surface area contributed by atoms with Crippen LogP contribution in [0.4, 0.5) is 0 Å². The normalized spacial score (nSPS) is 16.0. The van der Waals surface area contributed by atoms with Crippen LogP contribution in [-0.2, 0) is 26.2 Å². The van der Waals surface area contributed by atoms with Gasteiger partial charge in [-0.15, -0.1) is 49.9 Å². The van der Waals surface area contributed by atoms with Gasteiger partial charge in [0.25, 0.3) is 0 Å². The molecular formula is C40H58N2PZr-5. The number of hydrogen-bond donors (Lipinski definition) is 0. The van der Waals surface area contributed by atoms with E-state index in [2.05, 4.69) is 48.5 Å². The third kappa shape index (κ3) is 18.5. The zero-order chi connectivity index (χ0) is 31.3. The van der Waals surface area contributed by atoms with Gasteiger partial charge in [-0.25, -0.2) is 5.91 Å². The average molecular weight is 689 g/mol. The molecule has 0 amide bonds. The van der Waals surface area contributed by atoms with E-state index in [1.165, 1.54) is 64.2 Å². The molecule has 44 heavy (non-hydrogen) atoms. The summed E-state index contributed by atoms with van der Waals surface area (Å²) in [5, 5.41) is 10.2. The van der Waals surface area contributed by atoms with Crippen LogP contribution in [0.15, 0.2) is 91.0 Å². The first-order valence-corrected chi connectivity index (χ1v) is 18.0. The summed E-state index contributed by atoms with van der Waals surface area (Å²) in [4.78, 5) is 0. The number of nitrogens with zero attached hydrogens (tertiary/aromatic N) is 2. The molecule has 2 aliphatic carbocycles. The van der Waals surface area contributed by atoms with Gasteiger partial charge in [0, 0.05) is 26.2 Å². The summed E-state index contributed by atoms with van der Waals surface area (Å²) in [6.45, 7) is 21.0. The molecule has 0 heterocycles. The van der Waals surface area contributed by atoms with Gasteiger partial charge in [0.1, 0.15) is 0 Å². The summed E-state index contributed by atoms with van der Waals surface area (Å²) in [5.74, 6) is 0.311. The summed E-state index contributed by atoms with van der Waals surface area (Å²) < 4.78 is 0. The van der Waals surface area contributed by atoms with Crippen molar-refractivity contribution in [3.8, 4) is 0 Å². The predicted octanol–water partition coefficient (Wildman–Crippen LogP) is 12.6. The molecule has 5 rings (SSSR count). The Morgan fingerprint density at radius 1 is 0.614 bits per heavy atom. The van der Waals surface area contributed by atoms with Crippen LogP contribution in [0.25, 0.3) is 10.6 Å². The molecule has 0 aromatic heterocycles. The van der Waals surface area contributed by atoms with E-state index in [-0.39, 0.29) is 39.7 Å². The summed E-state index contributed by atoms with van der Waals surface area (Å²) >= 11 is 0. The van der Waals surface area contributed by atoms with Crippen molar-refractivity contribution in [2.24, 2.45) is 0 Å². The van der Waals surface area contributed by atoms with Crippen LogP contribution < -0.4 is 0 Å². The monoisotopic (exact) mass is 687 g/mol. The molecule has 0 spiro atoms. The van der Waals surface area contributed by atoms with Crippen LogP contribution in [0, 0.1) is 20.8 Å². The van der Waals surface area contributed by atoms with E-state index >= 15 is 0 Å². The Kier molecular flexibility index (Phi) is 21.9. The minimum absolute atomic E-state index is 0. The molecule has 1 unspecified atom stereocenters. The molecule has 2 fully saturated rings. The predicted molar refractivity (Wildman–Crippen MR) is 194 cm³/mol. The molecule has 3 aromatic carbocycles. The molecule has 4 heteroatoms. The van der Waals surface area contributed by atoms with E-state index in [0.717, 1.165) is 34.6 Å². The molecule has 242 valence electrons. The molecule has 0 bridgehead atoms. The molecule has 2 saturated carbocycles. The third-order valence-electron chi connectivity index (χ3n) is 7.64. The van der Waals surface area contributed by atoms with E-state index in [4.69, 9.17) is 10.6 Å². The van der Waals surface area contributed by atoms with Gasteiger partial charge in [-0.05, 0) is 37.0 Å². The zero-order valence-electron chi connectivity index (χ0n) is 28.1. The molecule has 0 radical (unpaired) electrons. The fourth-order valence-corrected chi connectivity index (χ4v) is 9.68. The average Bonchev–Trinajstić information content (AvgIpc) is 3.00. The maximum Gasteiger partial charge on any atom is 0 e. The van der Waals surface area contributed by atoms with Crippen LogP contribution in [0.3, 0.4) is 0 Å². The maximum atomic E-state index is 5.21. The van der Waals surface area contributed by atoms with Crippen molar-refractivity contribution in [1.29, 1.82) is 0 Å². The van der Waals surface area contributed by atoms with Crippen molar-refractivity contribution < 1.29 is 26.2 Å². The maximum absolute atomic E-state index is 5.21. The summed E-state index contributed by atoms with van der Waals surface area (Å²) in [5.41, 5.74) is 5.15. The van der Waals surface area contributed by atoms with Crippen LogP contribution in [-0.4, -0.2) is 29.3 Å². The Morgan fingerprint density at radius 3 is 1.16 bits per heavy atom. The molecule has 0 N–H and O–H groups in total. The molecule has 0 aliphatic heterocycles. The summed E-state index contributed by atoms with van der Waals surface area (Å²) in [7, 11) is -0.0640. The largest absolute Gasteiger partial charge is 0.674 e. The van der Waals surface area contributed by atoms with Crippen LogP contribution in [0.5, 0.6) is 0 Å². The van der Waals surface area contributed by atoms with Gasteiger partial charge in [-0.3, -0.25) is 0 Å². The van der Waals surface area contributed by atoms with E-state index in [0.29, 0.717) is 5.91 Å². The van der Waals surface area contributed by atoms with Gasteiger partial charge < -0.3 is 10.6 Å². The zero-order valence-corrected chi connectivity index (χ0v) is 31.5. The van der Waals surface area contributed by atoms with Gasteiger partial charge in [-0.1, -0.05) is 84.4 Å². The minimum atomic E-state index is -0.0640. The first-order valence-electron chi connectivity index (χ1n) is 16.5. The van der Waals surface area contributed by atoms with E-state index < -0.39 is 0 Å². The van der Waals surface area contributed by atoms with E-state index in [1.54, 1.807) is 0 Å². The van der Waals surface area contributed by atoms with Crippen molar-refractivity contribution in [3.05, 3.63) is 139 Å². The van der Waals surface area contributed by atoms with Crippen molar-refractivity contribution >= 4 is 7.92 Å². The van der Waals surface area contributed by atoms with Crippen LogP contribution in [0.1, 0.15) is 109 Å². The summed E-state index contributed by atoms with van der Waals surface area (Å²) in [6.07, 6.45) is 14.5. The smallest absolute Gasteiger partial charge is 0 e. The first-order chi connectivity index (χ1) is 20.7. The molecule has 1 atom stereocenters. The quantitative estimate of drug-likeness (QED) is 0.182. The molecular weight excluding hydrogens is 631 g/mol. The second kappa shape index (κ2) is 23.8. The Bertz CT molecular complexity index is 936. The fourth-order valence-electron chi connectivity index (χ4n) is 5.58. The third-order valence-corrected chi connectivity index (χ3v) is 11.2. The van der Waals surface area contributed by atoms with Gasteiger partial charge in [0.15, 0.2) is 0 Å². The van der Waals surface area contributed by atoms with E-state index in [9.17, 15) is 0 Å². The van der Waals surface area contributed by atoms with Crippen LogP contribution in [0.2, 0.25) is 0 Å². The Morgan fingerprint density at radius 2 is 0.932 bits per heavy atom. The number of benzene rings is 3. The van der Waals surface area contributed by atoms with Crippen molar-refractivity contribution in [2.45, 2.75) is 115 Å².